The Morgan fingerprint density at radius 3 is 2.36 bits per heavy atom. The molecule has 4 rings (SSSR count). The van der Waals surface area contributed by atoms with E-state index in [2.05, 4.69) is 53.0 Å². The number of fused-ring (bicyclic) bond motifs is 1. The number of H-pyrrole nitrogens is 1. The van der Waals surface area contributed by atoms with Gasteiger partial charge in [0.25, 0.3) is 0 Å². The van der Waals surface area contributed by atoms with Crippen molar-refractivity contribution < 1.29 is 9.47 Å². The van der Waals surface area contributed by atoms with Gasteiger partial charge < -0.3 is 19.4 Å². The Kier molecular flexibility index (Phi) is 7.13. The van der Waals surface area contributed by atoms with Gasteiger partial charge in [-0.2, -0.15) is 0 Å². The molecule has 172 valence electrons. The maximum absolute atomic E-state index is 5.53. The van der Waals surface area contributed by atoms with E-state index in [1.807, 2.05) is 30.6 Å². The third kappa shape index (κ3) is 5.11. The Labute approximate surface area is 195 Å². The number of imidazole rings is 1. The predicted octanol–water partition coefficient (Wildman–Crippen LogP) is 6.61. The summed E-state index contributed by atoms with van der Waals surface area (Å²) >= 11 is 0. The van der Waals surface area contributed by atoms with E-state index in [0.717, 1.165) is 46.0 Å². The lowest BCUT2D eigenvalue weighted by Gasteiger charge is -2.25. The van der Waals surface area contributed by atoms with Gasteiger partial charge in [-0.25, -0.2) is 4.98 Å². The third-order valence-corrected chi connectivity index (χ3v) is 6.11. The van der Waals surface area contributed by atoms with Gasteiger partial charge in [0.05, 0.1) is 26.3 Å². The summed E-state index contributed by atoms with van der Waals surface area (Å²) in [6.45, 7) is 5.07. The lowest BCUT2D eigenvalue weighted by Crippen LogP contribution is -2.17. The number of hydrogen-bond acceptors (Lipinski definition) is 5. The van der Waals surface area contributed by atoms with E-state index < -0.39 is 0 Å². The average molecular weight is 445 g/mol. The molecule has 2 heterocycles. The number of methoxy groups -OCH3 is 2. The van der Waals surface area contributed by atoms with Crippen molar-refractivity contribution in [3.05, 3.63) is 72.4 Å². The number of ether oxygens (including phenoxy) is 2. The van der Waals surface area contributed by atoms with Crippen molar-refractivity contribution in [3.8, 4) is 11.5 Å². The van der Waals surface area contributed by atoms with Gasteiger partial charge in [-0.05, 0) is 48.6 Å². The van der Waals surface area contributed by atoms with E-state index in [9.17, 15) is 0 Å². The van der Waals surface area contributed by atoms with Crippen molar-refractivity contribution in [1.29, 1.82) is 0 Å². The number of hydrogen-bond donors (Lipinski definition) is 1. The van der Waals surface area contributed by atoms with E-state index in [-0.39, 0.29) is 0 Å². The number of aromatic nitrogens is 3. The molecule has 0 bridgehead atoms. The van der Waals surface area contributed by atoms with Crippen LogP contribution in [0.2, 0.25) is 0 Å². The molecule has 0 fully saturated rings. The molecule has 1 N–H and O–H groups in total. The van der Waals surface area contributed by atoms with E-state index in [0.29, 0.717) is 12.5 Å². The molecule has 0 spiro atoms. The molecule has 0 radical (unpaired) electrons. The van der Waals surface area contributed by atoms with Crippen LogP contribution in [0, 0.1) is 0 Å². The molecule has 1 atom stereocenters. The lowest BCUT2D eigenvalue weighted by molar-refractivity contribution is 0.394. The van der Waals surface area contributed by atoms with Gasteiger partial charge >= 0.3 is 0 Å². The minimum Gasteiger partial charge on any atom is -0.497 e. The van der Waals surface area contributed by atoms with Crippen LogP contribution >= 0.6 is 0 Å². The molecule has 6 nitrogen and oxygen atoms in total. The highest BCUT2D eigenvalue weighted by atomic mass is 16.5. The van der Waals surface area contributed by atoms with Gasteiger partial charge in [0.15, 0.2) is 0 Å². The summed E-state index contributed by atoms with van der Waals surface area (Å²) in [5.41, 5.74) is 4.32. The number of anilines is 2. The standard InChI is InChI=1S/C27H32N4O2/c1-5-7-19(6-2)21-12-20-13-22(8-9-26(20)30-17-21)31(18-27-28-10-11-29-27)23-14-24(32-3)16-25(15-23)33-4/h8-17,19H,5-7,18H2,1-4H3,(H,28,29). The Morgan fingerprint density at radius 2 is 1.73 bits per heavy atom. The van der Waals surface area contributed by atoms with Crippen LogP contribution < -0.4 is 14.4 Å². The fourth-order valence-corrected chi connectivity index (χ4v) is 4.30. The maximum Gasteiger partial charge on any atom is 0.126 e. The summed E-state index contributed by atoms with van der Waals surface area (Å²) in [4.78, 5) is 14.6. The minimum absolute atomic E-state index is 0.539. The molecule has 0 saturated carbocycles. The maximum atomic E-state index is 5.53. The molecule has 0 aliphatic rings. The first kappa shape index (κ1) is 22.6. The number of pyridine rings is 1. The van der Waals surface area contributed by atoms with E-state index >= 15 is 0 Å². The second-order valence-corrected chi connectivity index (χ2v) is 8.23. The zero-order chi connectivity index (χ0) is 23.2. The van der Waals surface area contributed by atoms with Crippen molar-refractivity contribution in [1.82, 2.24) is 15.0 Å². The summed E-state index contributed by atoms with van der Waals surface area (Å²) in [5.74, 6) is 2.89. The lowest BCUT2D eigenvalue weighted by atomic mass is 9.92. The van der Waals surface area contributed by atoms with Crippen LogP contribution in [-0.2, 0) is 6.54 Å². The highest BCUT2D eigenvalue weighted by Gasteiger charge is 2.16. The van der Waals surface area contributed by atoms with Crippen molar-refractivity contribution in [2.75, 3.05) is 19.1 Å². The van der Waals surface area contributed by atoms with Crippen LogP contribution in [-0.4, -0.2) is 29.2 Å². The summed E-state index contributed by atoms with van der Waals surface area (Å²) in [5, 5.41) is 1.14. The van der Waals surface area contributed by atoms with Crippen molar-refractivity contribution in [2.24, 2.45) is 0 Å². The van der Waals surface area contributed by atoms with Gasteiger partial charge in [0.1, 0.15) is 17.3 Å². The van der Waals surface area contributed by atoms with E-state index in [1.165, 1.54) is 18.4 Å². The number of rotatable bonds is 10. The molecule has 0 aliphatic carbocycles. The van der Waals surface area contributed by atoms with Crippen molar-refractivity contribution in [3.63, 3.8) is 0 Å². The molecule has 2 aromatic carbocycles. The monoisotopic (exact) mass is 444 g/mol. The largest absolute Gasteiger partial charge is 0.497 e. The second kappa shape index (κ2) is 10.4. The Bertz CT molecular complexity index is 1170. The zero-order valence-corrected chi connectivity index (χ0v) is 19.8. The number of nitrogens with zero attached hydrogens (tertiary/aromatic N) is 3. The second-order valence-electron chi connectivity index (χ2n) is 8.23. The Morgan fingerprint density at radius 1 is 0.939 bits per heavy atom. The molecule has 4 aromatic rings. The van der Waals surface area contributed by atoms with Gasteiger partial charge in [0.2, 0.25) is 0 Å². The van der Waals surface area contributed by atoms with Gasteiger partial charge in [-0.15, -0.1) is 0 Å². The third-order valence-electron chi connectivity index (χ3n) is 6.11. The number of benzene rings is 2. The topological polar surface area (TPSA) is 63.3 Å². The molecule has 0 amide bonds. The summed E-state index contributed by atoms with van der Waals surface area (Å²) in [6.07, 6.45) is 9.13. The van der Waals surface area contributed by atoms with Gasteiger partial charge in [0, 0.05) is 53.6 Å². The first-order valence-corrected chi connectivity index (χ1v) is 11.5. The van der Waals surface area contributed by atoms with Crippen molar-refractivity contribution >= 4 is 22.3 Å². The molecule has 2 aromatic heterocycles. The zero-order valence-electron chi connectivity index (χ0n) is 19.8. The highest BCUT2D eigenvalue weighted by Crippen LogP contribution is 2.35. The summed E-state index contributed by atoms with van der Waals surface area (Å²) in [6, 6.07) is 14.6. The van der Waals surface area contributed by atoms with E-state index in [4.69, 9.17) is 14.5 Å². The molecule has 1 unspecified atom stereocenters. The fraction of sp³-hybridized carbons (Fsp3) is 0.333. The Hall–Kier alpha value is -3.54. The van der Waals surface area contributed by atoms with Crippen LogP contribution in [0.3, 0.4) is 0 Å². The first-order chi connectivity index (χ1) is 16.1. The van der Waals surface area contributed by atoms with Crippen LogP contribution in [0.25, 0.3) is 10.9 Å². The summed E-state index contributed by atoms with van der Waals surface area (Å²) < 4.78 is 11.1. The molecule has 33 heavy (non-hydrogen) atoms. The van der Waals surface area contributed by atoms with E-state index in [1.54, 1.807) is 20.4 Å². The van der Waals surface area contributed by atoms with Crippen LogP contribution in [0.1, 0.15) is 50.4 Å². The van der Waals surface area contributed by atoms with Gasteiger partial charge in [-0.1, -0.05) is 20.3 Å². The highest BCUT2D eigenvalue weighted by molar-refractivity contribution is 5.84. The first-order valence-electron chi connectivity index (χ1n) is 11.5. The quantitative estimate of drug-likeness (QED) is 0.298. The smallest absolute Gasteiger partial charge is 0.126 e. The summed E-state index contributed by atoms with van der Waals surface area (Å²) in [7, 11) is 3.33. The normalized spacial score (nSPS) is 12.0. The minimum atomic E-state index is 0.539. The molecule has 6 heteroatoms. The Balaban J connectivity index is 1.80. The molecule has 0 aliphatic heterocycles. The SMILES string of the molecule is CCCC(CC)c1cnc2ccc(N(Cc3ncc[nH]3)c3cc(OC)cc(OC)c3)cc2c1. The fourth-order valence-electron chi connectivity index (χ4n) is 4.30. The molecular weight excluding hydrogens is 412 g/mol. The van der Waals surface area contributed by atoms with Crippen LogP contribution in [0.5, 0.6) is 11.5 Å². The number of nitrogens with one attached hydrogen (secondary N) is 1. The predicted molar refractivity (Wildman–Crippen MR) is 134 cm³/mol. The van der Waals surface area contributed by atoms with Crippen molar-refractivity contribution in [2.45, 2.75) is 45.6 Å². The van der Waals surface area contributed by atoms with Gasteiger partial charge in [-0.3, -0.25) is 4.98 Å². The average Bonchev–Trinajstić information content (AvgIpc) is 3.38. The van der Waals surface area contributed by atoms with Crippen LogP contribution in [0.4, 0.5) is 11.4 Å². The number of aromatic amines is 1. The van der Waals surface area contributed by atoms with Crippen LogP contribution in [0.15, 0.2) is 61.1 Å². The molecule has 0 saturated heterocycles. The molecular formula is C27H32N4O2.